The minimum Gasteiger partial charge on any atom is -0.486 e. The maximum absolute atomic E-state index is 13.5. The third kappa shape index (κ3) is 3.54. The summed E-state index contributed by atoms with van der Waals surface area (Å²) < 4.78 is 19.6. The molecule has 1 amide bonds. The number of nitrogens with two attached hydrogens (primary N) is 1. The molecular formula is C14H11BrFNO2. The van der Waals surface area contributed by atoms with Gasteiger partial charge in [-0.1, -0.05) is 28.1 Å². The first kappa shape index (κ1) is 13.5. The second kappa shape index (κ2) is 5.84. The van der Waals surface area contributed by atoms with Crippen molar-refractivity contribution < 1.29 is 13.9 Å². The summed E-state index contributed by atoms with van der Waals surface area (Å²) in [6.45, 7) is 0.161. The number of amides is 1. The van der Waals surface area contributed by atoms with E-state index in [9.17, 15) is 9.18 Å². The first-order chi connectivity index (χ1) is 9.06. The Balaban J connectivity index is 2.12. The fraction of sp³-hybridized carbons (Fsp3) is 0.0714. The Kier molecular flexibility index (Phi) is 4.16. The Bertz CT molecular complexity index is 616. The van der Waals surface area contributed by atoms with Crippen LogP contribution in [0.15, 0.2) is 46.9 Å². The molecule has 2 rings (SSSR count). The molecule has 98 valence electrons. The largest absolute Gasteiger partial charge is 0.486 e. The van der Waals surface area contributed by atoms with Crippen molar-refractivity contribution in [2.75, 3.05) is 0 Å². The van der Waals surface area contributed by atoms with Gasteiger partial charge in [0.2, 0.25) is 5.91 Å². The van der Waals surface area contributed by atoms with Crippen molar-refractivity contribution in [2.45, 2.75) is 6.61 Å². The third-order valence-corrected chi connectivity index (χ3v) is 2.99. The first-order valence-corrected chi connectivity index (χ1v) is 6.32. The van der Waals surface area contributed by atoms with Gasteiger partial charge in [-0.15, -0.1) is 0 Å². The molecule has 0 fully saturated rings. The molecule has 19 heavy (non-hydrogen) atoms. The van der Waals surface area contributed by atoms with Gasteiger partial charge in [-0.2, -0.15) is 0 Å². The van der Waals surface area contributed by atoms with Crippen molar-refractivity contribution in [1.29, 1.82) is 0 Å². The topological polar surface area (TPSA) is 52.3 Å². The molecule has 0 spiro atoms. The number of hydrogen-bond acceptors (Lipinski definition) is 2. The van der Waals surface area contributed by atoms with E-state index in [0.717, 1.165) is 10.0 Å². The summed E-state index contributed by atoms with van der Waals surface area (Å²) in [5.74, 6) is -0.788. The number of hydrogen-bond donors (Lipinski definition) is 1. The highest BCUT2D eigenvalue weighted by Crippen LogP contribution is 2.23. The predicted octanol–water partition coefficient (Wildman–Crippen LogP) is 3.27. The van der Waals surface area contributed by atoms with Crippen LogP contribution in [-0.4, -0.2) is 5.91 Å². The zero-order valence-electron chi connectivity index (χ0n) is 9.90. The van der Waals surface area contributed by atoms with E-state index < -0.39 is 11.7 Å². The van der Waals surface area contributed by atoms with Crippen LogP contribution in [0.5, 0.6) is 5.75 Å². The second-order valence-corrected chi connectivity index (χ2v) is 4.84. The molecule has 0 atom stereocenters. The van der Waals surface area contributed by atoms with E-state index in [2.05, 4.69) is 15.9 Å². The minimum absolute atomic E-state index is 0.152. The highest BCUT2D eigenvalue weighted by molar-refractivity contribution is 9.10. The van der Waals surface area contributed by atoms with E-state index >= 15 is 0 Å². The van der Waals surface area contributed by atoms with Gasteiger partial charge in [-0.05, 0) is 35.9 Å². The number of carbonyl (C=O) groups is 1. The Labute approximate surface area is 118 Å². The van der Waals surface area contributed by atoms with E-state index in [0.29, 0.717) is 5.56 Å². The summed E-state index contributed by atoms with van der Waals surface area (Å²) in [6, 6.07) is 11.2. The van der Waals surface area contributed by atoms with Crippen molar-refractivity contribution in [2.24, 2.45) is 5.73 Å². The van der Waals surface area contributed by atoms with Gasteiger partial charge in [-0.25, -0.2) is 4.39 Å². The lowest BCUT2D eigenvalue weighted by atomic mass is 10.1. The zero-order valence-corrected chi connectivity index (χ0v) is 11.5. The van der Waals surface area contributed by atoms with E-state index in [1.54, 1.807) is 36.4 Å². The number of primary amides is 1. The maximum atomic E-state index is 13.5. The molecule has 0 aliphatic rings. The summed E-state index contributed by atoms with van der Waals surface area (Å²) >= 11 is 3.25. The summed E-state index contributed by atoms with van der Waals surface area (Å²) in [7, 11) is 0. The van der Waals surface area contributed by atoms with Crippen LogP contribution in [0, 0.1) is 5.82 Å². The fourth-order valence-electron chi connectivity index (χ4n) is 1.56. The molecule has 2 aromatic carbocycles. The number of carbonyl (C=O) groups excluding carboxylic acids is 1. The van der Waals surface area contributed by atoms with Gasteiger partial charge in [-0.3, -0.25) is 4.79 Å². The molecule has 0 heterocycles. The zero-order chi connectivity index (χ0) is 13.8. The summed E-state index contributed by atoms with van der Waals surface area (Å²) in [5.41, 5.74) is 6.33. The number of benzene rings is 2. The van der Waals surface area contributed by atoms with Crippen molar-refractivity contribution >= 4 is 21.8 Å². The Morgan fingerprint density at radius 2 is 2.05 bits per heavy atom. The number of ether oxygens (including phenoxy) is 1. The van der Waals surface area contributed by atoms with Gasteiger partial charge >= 0.3 is 0 Å². The van der Waals surface area contributed by atoms with Gasteiger partial charge in [0.05, 0.1) is 0 Å². The molecule has 0 aromatic heterocycles. The smallest absolute Gasteiger partial charge is 0.248 e. The fourth-order valence-corrected chi connectivity index (χ4v) is 1.90. The van der Waals surface area contributed by atoms with Crippen LogP contribution < -0.4 is 10.5 Å². The molecule has 2 N–H and O–H groups in total. The van der Waals surface area contributed by atoms with E-state index in [4.69, 9.17) is 10.5 Å². The van der Waals surface area contributed by atoms with E-state index in [1.807, 2.05) is 0 Å². The van der Waals surface area contributed by atoms with Gasteiger partial charge in [0, 0.05) is 10.0 Å². The molecule has 0 saturated carbocycles. The Hall–Kier alpha value is -1.88. The quantitative estimate of drug-likeness (QED) is 0.938. The Morgan fingerprint density at radius 3 is 2.79 bits per heavy atom. The van der Waals surface area contributed by atoms with Crippen LogP contribution in [0.1, 0.15) is 15.9 Å². The van der Waals surface area contributed by atoms with Gasteiger partial charge in [0.25, 0.3) is 0 Å². The lowest BCUT2D eigenvalue weighted by Crippen LogP contribution is -2.11. The van der Waals surface area contributed by atoms with Crippen LogP contribution in [0.2, 0.25) is 0 Å². The molecule has 3 nitrogen and oxygen atoms in total. The van der Waals surface area contributed by atoms with Crippen molar-refractivity contribution in [3.05, 3.63) is 63.9 Å². The summed E-state index contributed by atoms with van der Waals surface area (Å²) in [4.78, 5) is 11.0. The van der Waals surface area contributed by atoms with Crippen LogP contribution in [-0.2, 0) is 6.61 Å². The monoisotopic (exact) mass is 323 g/mol. The molecule has 0 bridgehead atoms. The Morgan fingerprint density at radius 1 is 1.26 bits per heavy atom. The molecule has 0 aliphatic heterocycles. The molecule has 0 unspecified atom stereocenters. The molecule has 5 heteroatoms. The number of halogens is 2. The van der Waals surface area contributed by atoms with Crippen molar-refractivity contribution in [3.8, 4) is 5.75 Å². The van der Waals surface area contributed by atoms with E-state index in [-0.39, 0.29) is 12.4 Å². The predicted molar refractivity (Wildman–Crippen MR) is 73.4 cm³/mol. The highest BCUT2D eigenvalue weighted by atomic mass is 79.9. The third-order valence-electron chi connectivity index (χ3n) is 2.50. The number of rotatable bonds is 4. The van der Waals surface area contributed by atoms with Crippen LogP contribution in [0.4, 0.5) is 4.39 Å². The summed E-state index contributed by atoms with van der Waals surface area (Å²) in [6.07, 6.45) is 0. The SMILES string of the molecule is NC(=O)c1cccc(COc2cc(Br)ccc2F)c1. The molecular weight excluding hydrogens is 313 g/mol. The molecule has 0 radical (unpaired) electrons. The lowest BCUT2D eigenvalue weighted by molar-refractivity contribution is 0.1000. The van der Waals surface area contributed by atoms with Crippen molar-refractivity contribution in [1.82, 2.24) is 0 Å². The standard InChI is InChI=1S/C14H11BrFNO2/c15-11-4-5-12(16)13(7-11)19-8-9-2-1-3-10(6-9)14(17)18/h1-7H,8H2,(H2,17,18). The second-order valence-electron chi connectivity index (χ2n) is 3.93. The minimum atomic E-state index is -0.504. The average Bonchev–Trinajstić information content (AvgIpc) is 2.40. The molecule has 0 saturated heterocycles. The highest BCUT2D eigenvalue weighted by Gasteiger charge is 2.06. The average molecular weight is 324 g/mol. The van der Waals surface area contributed by atoms with Crippen molar-refractivity contribution in [3.63, 3.8) is 0 Å². The molecule has 2 aromatic rings. The van der Waals surface area contributed by atoms with Crippen LogP contribution in [0.3, 0.4) is 0 Å². The van der Waals surface area contributed by atoms with Crippen LogP contribution >= 0.6 is 15.9 Å². The molecule has 0 aliphatic carbocycles. The first-order valence-electron chi connectivity index (χ1n) is 5.53. The lowest BCUT2D eigenvalue weighted by Gasteiger charge is -2.08. The van der Waals surface area contributed by atoms with Gasteiger partial charge in [0.15, 0.2) is 11.6 Å². The van der Waals surface area contributed by atoms with Gasteiger partial charge in [0.1, 0.15) is 6.61 Å². The van der Waals surface area contributed by atoms with Gasteiger partial charge < -0.3 is 10.5 Å². The summed E-state index contributed by atoms with van der Waals surface area (Å²) in [5, 5.41) is 0. The normalized spacial score (nSPS) is 10.2. The van der Waals surface area contributed by atoms with Crippen LogP contribution in [0.25, 0.3) is 0 Å². The maximum Gasteiger partial charge on any atom is 0.248 e. The van der Waals surface area contributed by atoms with E-state index in [1.165, 1.54) is 6.07 Å².